The maximum absolute atomic E-state index is 12.0. The van der Waals surface area contributed by atoms with Crippen LogP contribution in [0.2, 0.25) is 0 Å². The first-order valence-corrected chi connectivity index (χ1v) is 6.56. The van der Waals surface area contributed by atoms with E-state index in [0.717, 1.165) is 12.0 Å². The second-order valence-corrected chi connectivity index (χ2v) is 5.11. The van der Waals surface area contributed by atoms with Gasteiger partial charge in [0.15, 0.2) is 0 Å². The minimum Gasteiger partial charge on any atom is -0.396 e. The Balaban J connectivity index is 2.01. The van der Waals surface area contributed by atoms with Crippen LogP contribution in [-0.2, 0) is 17.2 Å². The summed E-state index contributed by atoms with van der Waals surface area (Å²) >= 11 is 0. The summed E-state index contributed by atoms with van der Waals surface area (Å²) in [7, 11) is -1.08. The number of nitrogen functional groups attached to an aromatic ring is 1. The predicted octanol–water partition coefficient (Wildman–Crippen LogP) is 1.41. The molecule has 0 bridgehead atoms. The van der Waals surface area contributed by atoms with Crippen molar-refractivity contribution in [3.8, 4) is 0 Å². The molecule has 0 saturated carbocycles. The molecule has 0 aliphatic carbocycles. The second-order valence-electron chi connectivity index (χ2n) is 3.57. The van der Waals surface area contributed by atoms with Crippen LogP contribution in [0.4, 0.5) is 5.69 Å². The van der Waals surface area contributed by atoms with E-state index < -0.39 is 10.8 Å². The van der Waals surface area contributed by atoms with Crippen LogP contribution >= 0.6 is 0 Å². The molecule has 88 valence electrons. The first-order valence-electron chi connectivity index (χ1n) is 5.24. The van der Waals surface area contributed by atoms with Gasteiger partial charge in [-0.05, 0) is 30.2 Å². The molecule has 0 saturated heterocycles. The molecule has 1 unspecified atom stereocenters. The number of hydrogen-bond donors (Lipinski definition) is 1. The summed E-state index contributed by atoms with van der Waals surface area (Å²) in [6, 6.07) is 5.55. The monoisotopic (exact) mass is 247 g/mol. The van der Waals surface area contributed by atoms with Crippen LogP contribution in [0.5, 0.6) is 0 Å². The SMILES string of the molecule is Nc1cnccc1S(=O)CCc1ccncc1. The molecule has 17 heavy (non-hydrogen) atoms. The van der Waals surface area contributed by atoms with Gasteiger partial charge in [-0.1, -0.05) is 0 Å². The third-order valence-corrected chi connectivity index (χ3v) is 3.82. The standard InChI is InChI=1S/C12H13N3OS/c13-11-9-15-7-3-12(11)17(16)8-4-10-1-5-14-6-2-10/h1-3,5-7,9H,4,8,13H2. The summed E-state index contributed by atoms with van der Waals surface area (Å²) in [5.41, 5.74) is 7.34. The minimum absolute atomic E-state index is 0.487. The van der Waals surface area contributed by atoms with Crippen LogP contribution in [0.1, 0.15) is 5.56 Å². The summed E-state index contributed by atoms with van der Waals surface area (Å²) in [6.07, 6.45) is 7.35. The van der Waals surface area contributed by atoms with Gasteiger partial charge in [0, 0.05) is 24.3 Å². The predicted molar refractivity (Wildman–Crippen MR) is 67.9 cm³/mol. The normalized spacial score (nSPS) is 12.2. The van der Waals surface area contributed by atoms with Gasteiger partial charge in [0.25, 0.3) is 0 Å². The Kier molecular flexibility index (Phi) is 3.82. The van der Waals surface area contributed by atoms with E-state index in [9.17, 15) is 4.21 Å². The van der Waals surface area contributed by atoms with Crippen molar-refractivity contribution in [1.82, 2.24) is 9.97 Å². The summed E-state index contributed by atoms with van der Waals surface area (Å²) in [6.45, 7) is 0. The van der Waals surface area contributed by atoms with Crippen molar-refractivity contribution in [2.75, 3.05) is 11.5 Å². The maximum atomic E-state index is 12.0. The van der Waals surface area contributed by atoms with Crippen molar-refractivity contribution in [3.05, 3.63) is 48.5 Å². The minimum atomic E-state index is -1.08. The highest BCUT2D eigenvalue weighted by Crippen LogP contribution is 2.15. The van der Waals surface area contributed by atoms with Crippen LogP contribution in [0, 0.1) is 0 Å². The maximum Gasteiger partial charge on any atom is 0.0664 e. The van der Waals surface area contributed by atoms with Crippen molar-refractivity contribution in [2.24, 2.45) is 0 Å². The molecule has 0 fully saturated rings. The second kappa shape index (κ2) is 5.54. The number of aryl methyl sites for hydroxylation is 1. The largest absolute Gasteiger partial charge is 0.396 e. The van der Waals surface area contributed by atoms with Gasteiger partial charge in [-0.3, -0.25) is 14.2 Å². The summed E-state index contributed by atoms with van der Waals surface area (Å²) in [5, 5.41) is 0. The molecule has 2 heterocycles. The number of aromatic nitrogens is 2. The lowest BCUT2D eigenvalue weighted by Gasteiger charge is -2.04. The van der Waals surface area contributed by atoms with Gasteiger partial charge in [-0.25, -0.2) is 0 Å². The zero-order chi connectivity index (χ0) is 12.1. The van der Waals surface area contributed by atoms with Crippen molar-refractivity contribution in [3.63, 3.8) is 0 Å². The van der Waals surface area contributed by atoms with E-state index in [2.05, 4.69) is 9.97 Å². The third-order valence-electron chi connectivity index (χ3n) is 2.38. The molecule has 1 atom stereocenters. The lowest BCUT2D eigenvalue weighted by atomic mass is 10.2. The summed E-state index contributed by atoms with van der Waals surface area (Å²) < 4.78 is 12.0. The summed E-state index contributed by atoms with van der Waals surface area (Å²) in [5.74, 6) is 0.554. The first kappa shape index (κ1) is 11.7. The number of nitrogens with two attached hydrogens (primary N) is 1. The van der Waals surface area contributed by atoms with Gasteiger partial charge in [0.2, 0.25) is 0 Å². The lowest BCUT2D eigenvalue weighted by molar-refractivity contribution is 0.682. The fraction of sp³-hybridized carbons (Fsp3) is 0.167. The van der Waals surface area contributed by atoms with Gasteiger partial charge in [-0.15, -0.1) is 0 Å². The Labute approximate surface area is 102 Å². The zero-order valence-electron chi connectivity index (χ0n) is 9.24. The molecule has 0 radical (unpaired) electrons. The molecular formula is C12H13N3OS. The van der Waals surface area contributed by atoms with Gasteiger partial charge < -0.3 is 5.73 Å². The molecule has 4 nitrogen and oxygen atoms in total. The van der Waals surface area contributed by atoms with Gasteiger partial charge in [-0.2, -0.15) is 0 Å². The van der Waals surface area contributed by atoms with E-state index >= 15 is 0 Å². The molecule has 0 spiro atoms. The van der Waals surface area contributed by atoms with Gasteiger partial charge >= 0.3 is 0 Å². The highest BCUT2D eigenvalue weighted by atomic mass is 32.2. The highest BCUT2D eigenvalue weighted by molar-refractivity contribution is 7.85. The van der Waals surface area contributed by atoms with Crippen molar-refractivity contribution in [1.29, 1.82) is 0 Å². The van der Waals surface area contributed by atoms with Crippen molar-refractivity contribution in [2.45, 2.75) is 11.3 Å². The third kappa shape index (κ3) is 3.10. The quantitative estimate of drug-likeness (QED) is 0.887. The van der Waals surface area contributed by atoms with Crippen LogP contribution in [0.15, 0.2) is 47.9 Å². The zero-order valence-corrected chi connectivity index (χ0v) is 10.1. The van der Waals surface area contributed by atoms with E-state index in [1.807, 2.05) is 12.1 Å². The molecule has 0 aliphatic heterocycles. The molecule has 0 amide bonds. The molecule has 2 N–H and O–H groups in total. The first-order chi connectivity index (χ1) is 8.27. The summed E-state index contributed by atoms with van der Waals surface area (Å²) in [4.78, 5) is 8.48. The van der Waals surface area contributed by atoms with Crippen LogP contribution < -0.4 is 5.73 Å². The van der Waals surface area contributed by atoms with Crippen molar-refractivity contribution >= 4 is 16.5 Å². The topological polar surface area (TPSA) is 68.9 Å². The molecule has 0 aromatic carbocycles. The number of pyridine rings is 2. The Hall–Kier alpha value is -1.75. The van der Waals surface area contributed by atoms with Crippen LogP contribution in [0.25, 0.3) is 0 Å². The fourth-order valence-corrected chi connectivity index (χ4v) is 2.64. The van der Waals surface area contributed by atoms with Crippen LogP contribution in [0.3, 0.4) is 0 Å². The molecular weight excluding hydrogens is 234 g/mol. The fourth-order valence-electron chi connectivity index (χ4n) is 1.47. The Morgan fingerprint density at radius 3 is 2.53 bits per heavy atom. The Morgan fingerprint density at radius 2 is 1.82 bits per heavy atom. The van der Waals surface area contributed by atoms with Gasteiger partial charge in [0.1, 0.15) is 0 Å². The van der Waals surface area contributed by atoms with E-state index in [4.69, 9.17) is 5.73 Å². The van der Waals surface area contributed by atoms with E-state index in [1.165, 1.54) is 6.20 Å². The smallest absolute Gasteiger partial charge is 0.0664 e. The Bertz CT molecular complexity index is 516. The van der Waals surface area contributed by atoms with Crippen molar-refractivity contribution < 1.29 is 4.21 Å². The number of hydrogen-bond acceptors (Lipinski definition) is 4. The average molecular weight is 247 g/mol. The molecule has 2 rings (SSSR count). The van der Waals surface area contributed by atoms with E-state index in [-0.39, 0.29) is 0 Å². The number of nitrogens with zero attached hydrogens (tertiary/aromatic N) is 2. The molecule has 2 aromatic rings. The lowest BCUT2D eigenvalue weighted by Crippen LogP contribution is -2.04. The Morgan fingerprint density at radius 1 is 1.12 bits per heavy atom. The van der Waals surface area contributed by atoms with E-state index in [0.29, 0.717) is 16.3 Å². The van der Waals surface area contributed by atoms with Crippen LogP contribution in [-0.4, -0.2) is 19.9 Å². The van der Waals surface area contributed by atoms with Gasteiger partial charge in [0.05, 0.1) is 27.6 Å². The molecule has 2 aromatic heterocycles. The number of rotatable bonds is 4. The van der Waals surface area contributed by atoms with E-state index in [1.54, 1.807) is 24.7 Å². The number of anilines is 1. The highest BCUT2D eigenvalue weighted by Gasteiger charge is 2.07. The molecule has 0 aliphatic rings. The molecule has 5 heteroatoms. The average Bonchev–Trinajstić information content (AvgIpc) is 2.38.